The lowest BCUT2D eigenvalue weighted by Crippen LogP contribution is -2.27. The van der Waals surface area contributed by atoms with Gasteiger partial charge in [-0.25, -0.2) is 0 Å². The summed E-state index contributed by atoms with van der Waals surface area (Å²) in [7, 11) is 0. The molecule has 0 aliphatic carbocycles. The lowest BCUT2D eigenvalue weighted by Gasteiger charge is -2.16. The number of hydrogen-bond acceptors (Lipinski definition) is 3. The Morgan fingerprint density at radius 1 is 0.923 bits per heavy atom. The van der Waals surface area contributed by atoms with Crippen molar-refractivity contribution >= 4 is 17.7 Å². The topological polar surface area (TPSA) is 52.9 Å². The molecule has 1 amide bonds. The van der Waals surface area contributed by atoms with Gasteiger partial charge in [0, 0.05) is 9.79 Å². The second kappa shape index (κ2) is 8.37. The molecule has 3 nitrogen and oxygen atoms in total. The van der Waals surface area contributed by atoms with E-state index < -0.39 is 0 Å². The molecule has 0 spiro atoms. The predicted octanol–water partition coefficient (Wildman–Crippen LogP) is 5.20. The Morgan fingerprint density at radius 3 is 2.27 bits per heavy atom. The van der Waals surface area contributed by atoms with Gasteiger partial charge >= 0.3 is 0 Å². The number of amides is 1. The first kappa shape index (κ1) is 17.8. The van der Waals surface area contributed by atoms with Crippen LogP contribution in [0.5, 0.6) is 0 Å². The second-order valence-electron chi connectivity index (χ2n) is 5.81. The van der Waals surface area contributed by atoms with Gasteiger partial charge in [-0.15, -0.1) is 0 Å². The van der Waals surface area contributed by atoms with Crippen molar-refractivity contribution in [3.8, 4) is 6.07 Å². The molecule has 0 aromatic heterocycles. The molecule has 3 aromatic carbocycles. The lowest BCUT2D eigenvalue weighted by molar-refractivity contribution is 0.0937. The molecule has 0 aliphatic rings. The molecule has 1 N–H and O–H groups in total. The highest BCUT2D eigenvalue weighted by molar-refractivity contribution is 7.99. The molecule has 26 heavy (non-hydrogen) atoms. The summed E-state index contributed by atoms with van der Waals surface area (Å²) >= 11 is 1.43. The van der Waals surface area contributed by atoms with E-state index in [1.54, 1.807) is 6.07 Å². The summed E-state index contributed by atoms with van der Waals surface area (Å²) in [6.07, 6.45) is 0. The van der Waals surface area contributed by atoms with Gasteiger partial charge in [0.2, 0.25) is 0 Å². The number of nitrogens with one attached hydrogen (secondary N) is 1. The standard InChI is InChI=1S/C22H18N2OS/c1-16(17-9-3-2-4-10-17)24-22(25)19-12-6-8-14-21(19)26-20-13-7-5-11-18(20)15-23/h2-14,16H,1H3,(H,24,25). The minimum absolute atomic E-state index is 0.0897. The summed E-state index contributed by atoms with van der Waals surface area (Å²) in [6.45, 7) is 1.97. The average molecular weight is 358 g/mol. The third kappa shape index (κ3) is 4.14. The van der Waals surface area contributed by atoms with Crippen LogP contribution in [0.4, 0.5) is 0 Å². The maximum absolute atomic E-state index is 12.8. The first-order valence-corrected chi connectivity index (χ1v) is 9.12. The molecule has 128 valence electrons. The van der Waals surface area contributed by atoms with Gasteiger partial charge in [-0.3, -0.25) is 4.79 Å². The maximum atomic E-state index is 12.8. The largest absolute Gasteiger partial charge is 0.345 e. The fourth-order valence-corrected chi connectivity index (χ4v) is 3.63. The summed E-state index contributed by atoms with van der Waals surface area (Å²) in [5.41, 5.74) is 2.26. The zero-order valence-electron chi connectivity index (χ0n) is 14.3. The number of nitrogens with zero attached hydrogens (tertiary/aromatic N) is 1. The van der Waals surface area contributed by atoms with Crippen molar-refractivity contribution < 1.29 is 4.79 Å². The van der Waals surface area contributed by atoms with Crippen LogP contribution in [0.1, 0.15) is 34.5 Å². The van der Waals surface area contributed by atoms with Crippen molar-refractivity contribution in [2.75, 3.05) is 0 Å². The fraction of sp³-hybridized carbons (Fsp3) is 0.0909. The van der Waals surface area contributed by atoms with Crippen LogP contribution in [0.15, 0.2) is 88.7 Å². The van der Waals surface area contributed by atoms with Crippen molar-refractivity contribution in [2.45, 2.75) is 22.8 Å². The molecule has 0 saturated heterocycles. The van der Waals surface area contributed by atoms with E-state index in [0.29, 0.717) is 11.1 Å². The third-order valence-electron chi connectivity index (χ3n) is 4.01. The Bertz CT molecular complexity index is 948. The predicted molar refractivity (Wildman–Crippen MR) is 104 cm³/mol. The van der Waals surface area contributed by atoms with Crippen molar-refractivity contribution in [3.63, 3.8) is 0 Å². The molecular formula is C22H18N2OS. The van der Waals surface area contributed by atoms with Crippen molar-refractivity contribution in [3.05, 3.63) is 95.6 Å². The molecule has 3 aromatic rings. The monoisotopic (exact) mass is 358 g/mol. The van der Waals surface area contributed by atoms with E-state index in [4.69, 9.17) is 0 Å². The third-order valence-corrected chi connectivity index (χ3v) is 5.16. The number of carbonyl (C=O) groups excluding carboxylic acids is 1. The minimum Gasteiger partial charge on any atom is -0.345 e. The van der Waals surface area contributed by atoms with Gasteiger partial charge < -0.3 is 5.32 Å². The second-order valence-corrected chi connectivity index (χ2v) is 6.90. The van der Waals surface area contributed by atoms with Crippen LogP contribution in [0.2, 0.25) is 0 Å². The van der Waals surface area contributed by atoms with Crippen LogP contribution in [-0.2, 0) is 0 Å². The van der Waals surface area contributed by atoms with Crippen LogP contribution in [0.25, 0.3) is 0 Å². The van der Waals surface area contributed by atoms with E-state index in [9.17, 15) is 10.1 Å². The smallest absolute Gasteiger partial charge is 0.252 e. The molecular weight excluding hydrogens is 340 g/mol. The van der Waals surface area contributed by atoms with Crippen molar-refractivity contribution in [2.24, 2.45) is 0 Å². The molecule has 0 radical (unpaired) electrons. The number of benzene rings is 3. The highest BCUT2D eigenvalue weighted by atomic mass is 32.2. The molecule has 1 atom stereocenters. The average Bonchev–Trinajstić information content (AvgIpc) is 2.69. The van der Waals surface area contributed by atoms with Crippen LogP contribution >= 0.6 is 11.8 Å². The van der Waals surface area contributed by atoms with E-state index in [1.807, 2.05) is 79.7 Å². The number of nitriles is 1. The molecule has 0 saturated carbocycles. The molecule has 1 unspecified atom stereocenters. The summed E-state index contributed by atoms with van der Waals surface area (Å²) in [5.74, 6) is -0.126. The van der Waals surface area contributed by atoms with E-state index in [2.05, 4.69) is 11.4 Å². The van der Waals surface area contributed by atoms with Crippen LogP contribution in [0, 0.1) is 11.3 Å². The van der Waals surface area contributed by atoms with E-state index in [-0.39, 0.29) is 11.9 Å². The van der Waals surface area contributed by atoms with Gasteiger partial charge in [0.15, 0.2) is 0 Å². The zero-order chi connectivity index (χ0) is 18.4. The quantitative estimate of drug-likeness (QED) is 0.682. The Labute approximate surface area is 157 Å². The van der Waals surface area contributed by atoms with E-state index in [1.165, 1.54) is 11.8 Å². The first-order valence-electron chi connectivity index (χ1n) is 8.31. The number of hydrogen-bond donors (Lipinski definition) is 1. The highest BCUT2D eigenvalue weighted by Crippen LogP contribution is 2.32. The van der Waals surface area contributed by atoms with Crippen LogP contribution < -0.4 is 5.32 Å². The molecule has 0 bridgehead atoms. The summed E-state index contributed by atoms with van der Waals surface area (Å²) in [6, 6.07) is 26.8. The normalized spacial score (nSPS) is 11.4. The number of rotatable bonds is 5. The van der Waals surface area contributed by atoms with Gasteiger partial charge in [-0.05, 0) is 36.8 Å². The van der Waals surface area contributed by atoms with E-state index in [0.717, 1.165) is 15.4 Å². The van der Waals surface area contributed by atoms with Gasteiger partial charge in [-0.1, -0.05) is 66.4 Å². The summed E-state index contributed by atoms with van der Waals surface area (Å²) < 4.78 is 0. The molecule has 0 fully saturated rings. The van der Waals surface area contributed by atoms with Crippen molar-refractivity contribution in [1.82, 2.24) is 5.32 Å². The summed E-state index contributed by atoms with van der Waals surface area (Å²) in [4.78, 5) is 14.5. The van der Waals surface area contributed by atoms with Gasteiger partial charge in [0.25, 0.3) is 5.91 Å². The number of carbonyl (C=O) groups is 1. The summed E-state index contributed by atoms with van der Waals surface area (Å²) in [5, 5.41) is 12.3. The van der Waals surface area contributed by atoms with Gasteiger partial charge in [0.1, 0.15) is 6.07 Å². The van der Waals surface area contributed by atoms with Crippen LogP contribution in [-0.4, -0.2) is 5.91 Å². The molecule has 3 rings (SSSR count). The minimum atomic E-state index is -0.126. The molecule has 0 aliphatic heterocycles. The van der Waals surface area contributed by atoms with Gasteiger partial charge in [-0.2, -0.15) is 5.26 Å². The van der Waals surface area contributed by atoms with E-state index >= 15 is 0 Å². The molecule has 4 heteroatoms. The van der Waals surface area contributed by atoms with Gasteiger partial charge in [0.05, 0.1) is 17.2 Å². The van der Waals surface area contributed by atoms with Crippen LogP contribution in [0.3, 0.4) is 0 Å². The Kier molecular flexibility index (Phi) is 5.73. The fourth-order valence-electron chi connectivity index (χ4n) is 2.61. The maximum Gasteiger partial charge on any atom is 0.252 e. The molecule has 0 heterocycles. The van der Waals surface area contributed by atoms with Crippen molar-refractivity contribution in [1.29, 1.82) is 5.26 Å². The zero-order valence-corrected chi connectivity index (χ0v) is 15.2. The SMILES string of the molecule is CC(NC(=O)c1ccccc1Sc1ccccc1C#N)c1ccccc1. The Balaban J connectivity index is 1.83. The Morgan fingerprint density at radius 2 is 1.54 bits per heavy atom. The highest BCUT2D eigenvalue weighted by Gasteiger charge is 2.16. The Hall–Kier alpha value is -3.03. The first-order chi connectivity index (χ1) is 12.7. The lowest BCUT2D eigenvalue weighted by atomic mass is 10.1.